The largest absolute Gasteiger partial charge is 0.510 e. The molecule has 0 aromatic rings. The van der Waals surface area contributed by atoms with Crippen molar-refractivity contribution in [3.05, 3.63) is 25.3 Å². The first kappa shape index (κ1) is 18.6. The van der Waals surface area contributed by atoms with Crippen LogP contribution in [-0.4, -0.2) is 30.8 Å². The van der Waals surface area contributed by atoms with Crippen LogP contribution in [0.25, 0.3) is 0 Å². The van der Waals surface area contributed by atoms with Gasteiger partial charge in [-0.25, -0.2) is 4.79 Å². The van der Waals surface area contributed by atoms with Gasteiger partial charge in [0, 0.05) is 19.9 Å². The first-order valence-corrected chi connectivity index (χ1v) is 6.85. The third kappa shape index (κ3) is 6.57. The summed E-state index contributed by atoms with van der Waals surface area (Å²) >= 11 is 0. The first-order chi connectivity index (χ1) is 10.0. The molecule has 0 aromatic carbocycles. The summed E-state index contributed by atoms with van der Waals surface area (Å²) in [7, 11) is 0. The standard InChI is InChI=1S/C15H24O7/c1-8-11(19-15(9-2)21-22-15)18-14(6,7)20-12(16)17-10-13(3,4)5/h8-9,11H,1-2,10H2,3-7H3. The number of ether oxygens (including phenoxy) is 4. The highest BCUT2D eigenvalue weighted by Crippen LogP contribution is 2.34. The fraction of sp³-hybridized carbons (Fsp3) is 0.667. The summed E-state index contributed by atoms with van der Waals surface area (Å²) in [4.78, 5) is 21.0. The number of carbonyl (C=O) groups excluding carboxylic acids is 1. The van der Waals surface area contributed by atoms with Gasteiger partial charge in [0.05, 0.1) is 6.61 Å². The molecular weight excluding hydrogens is 292 g/mol. The summed E-state index contributed by atoms with van der Waals surface area (Å²) in [5.41, 5.74) is -0.159. The number of rotatable bonds is 8. The third-order valence-electron chi connectivity index (χ3n) is 2.32. The van der Waals surface area contributed by atoms with Crippen LogP contribution in [0.4, 0.5) is 4.79 Å². The molecule has 1 saturated heterocycles. The van der Waals surface area contributed by atoms with Crippen molar-refractivity contribution in [1.29, 1.82) is 0 Å². The molecule has 1 rings (SSSR count). The van der Waals surface area contributed by atoms with Crippen LogP contribution in [0.15, 0.2) is 25.3 Å². The van der Waals surface area contributed by atoms with Crippen LogP contribution in [-0.2, 0) is 28.7 Å². The van der Waals surface area contributed by atoms with Crippen LogP contribution in [0.5, 0.6) is 0 Å². The van der Waals surface area contributed by atoms with Gasteiger partial charge in [-0.3, -0.25) is 4.74 Å². The zero-order chi connectivity index (χ0) is 17.0. The van der Waals surface area contributed by atoms with Crippen molar-refractivity contribution in [2.45, 2.75) is 52.7 Å². The summed E-state index contributed by atoms with van der Waals surface area (Å²) < 4.78 is 21.0. The maximum absolute atomic E-state index is 11.7. The predicted molar refractivity (Wildman–Crippen MR) is 77.2 cm³/mol. The number of hydrogen-bond donors (Lipinski definition) is 0. The number of carbonyl (C=O) groups is 1. The molecule has 1 fully saturated rings. The van der Waals surface area contributed by atoms with E-state index in [2.05, 4.69) is 22.9 Å². The van der Waals surface area contributed by atoms with E-state index < -0.39 is 24.2 Å². The molecule has 0 radical (unpaired) electrons. The second-order valence-corrected chi connectivity index (χ2v) is 6.42. The fourth-order valence-electron chi connectivity index (χ4n) is 1.29. The van der Waals surface area contributed by atoms with E-state index >= 15 is 0 Å². The molecular formula is C15H24O7. The van der Waals surface area contributed by atoms with Gasteiger partial charge >= 0.3 is 12.1 Å². The highest BCUT2D eigenvalue weighted by atomic mass is 17.5. The second-order valence-electron chi connectivity index (χ2n) is 6.42. The zero-order valence-corrected chi connectivity index (χ0v) is 13.7. The van der Waals surface area contributed by atoms with Gasteiger partial charge in [-0.15, -0.1) is 0 Å². The fourth-order valence-corrected chi connectivity index (χ4v) is 1.29. The average Bonchev–Trinajstić information content (AvgIpc) is 3.14. The Labute approximate surface area is 130 Å². The van der Waals surface area contributed by atoms with Gasteiger partial charge in [-0.1, -0.05) is 33.9 Å². The van der Waals surface area contributed by atoms with Crippen LogP contribution >= 0.6 is 0 Å². The van der Waals surface area contributed by atoms with E-state index in [1.165, 1.54) is 12.2 Å². The van der Waals surface area contributed by atoms with Crippen LogP contribution in [0.1, 0.15) is 34.6 Å². The smallest absolute Gasteiger partial charge is 0.434 e. The Morgan fingerprint density at radius 2 is 1.82 bits per heavy atom. The van der Waals surface area contributed by atoms with E-state index in [1.54, 1.807) is 13.8 Å². The molecule has 126 valence electrons. The van der Waals surface area contributed by atoms with Gasteiger partial charge in [-0.05, 0) is 11.5 Å². The first-order valence-electron chi connectivity index (χ1n) is 6.85. The van der Waals surface area contributed by atoms with Crippen molar-refractivity contribution < 1.29 is 33.5 Å². The molecule has 0 aromatic heterocycles. The highest BCUT2D eigenvalue weighted by molar-refractivity contribution is 5.60. The molecule has 1 aliphatic rings. The lowest BCUT2D eigenvalue weighted by Crippen LogP contribution is -2.38. The van der Waals surface area contributed by atoms with E-state index in [-0.39, 0.29) is 12.0 Å². The van der Waals surface area contributed by atoms with Crippen molar-refractivity contribution in [2.75, 3.05) is 6.61 Å². The Morgan fingerprint density at radius 1 is 1.23 bits per heavy atom. The molecule has 7 nitrogen and oxygen atoms in total. The van der Waals surface area contributed by atoms with Crippen LogP contribution in [0, 0.1) is 5.41 Å². The zero-order valence-electron chi connectivity index (χ0n) is 13.7. The quantitative estimate of drug-likeness (QED) is 0.223. The monoisotopic (exact) mass is 316 g/mol. The Morgan fingerprint density at radius 3 is 2.23 bits per heavy atom. The highest BCUT2D eigenvalue weighted by Gasteiger charge is 2.50. The van der Waals surface area contributed by atoms with Crippen LogP contribution in [0.3, 0.4) is 0 Å². The Balaban J connectivity index is 2.48. The van der Waals surface area contributed by atoms with Gasteiger partial charge < -0.3 is 14.2 Å². The molecule has 0 N–H and O–H groups in total. The maximum atomic E-state index is 11.7. The summed E-state index contributed by atoms with van der Waals surface area (Å²) in [5, 5.41) is 0. The molecule has 7 heteroatoms. The van der Waals surface area contributed by atoms with Crippen LogP contribution in [0.2, 0.25) is 0 Å². The molecule has 1 heterocycles. The second kappa shape index (κ2) is 6.78. The topological polar surface area (TPSA) is 79.1 Å². The summed E-state index contributed by atoms with van der Waals surface area (Å²) in [6.45, 7) is 16.2. The van der Waals surface area contributed by atoms with E-state index in [0.717, 1.165) is 0 Å². The van der Waals surface area contributed by atoms with Gasteiger partial charge in [0.2, 0.25) is 5.79 Å². The van der Waals surface area contributed by atoms with Gasteiger partial charge in [0.1, 0.15) is 0 Å². The van der Waals surface area contributed by atoms with Crippen LogP contribution < -0.4 is 0 Å². The number of hydrogen-bond acceptors (Lipinski definition) is 7. The minimum Gasteiger partial charge on any atom is -0.434 e. The molecule has 0 saturated carbocycles. The summed E-state index contributed by atoms with van der Waals surface area (Å²) in [6, 6.07) is 0. The molecule has 0 aliphatic carbocycles. The summed E-state index contributed by atoms with van der Waals surface area (Å²) in [5.74, 6) is -2.65. The molecule has 0 amide bonds. The lowest BCUT2D eigenvalue weighted by atomic mass is 9.99. The van der Waals surface area contributed by atoms with Gasteiger partial charge in [0.15, 0.2) is 6.29 Å². The minimum atomic E-state index is -1.35. The molecule has 0 spiro atoms. The van der Waals surface area contributed by atoms with Crippen molar-refractivity contribution in [1.82, 2.24) is 0 Å². The SMILES string of the molecule is C=CC(OC(C)(C)OC(=O)OCC(C)(C)C)OC1(C=C)OO1. The van der Waals surface area contributed by atoms with Crippen molar-refractivity contribution in [2.24, 2.45) is 5.41 Å². The molecule has 1 atom stereocenters. The van der Waals surface area contributed by atoms with E-state index in [0.29, 0.717) is 0 Å². The van der Waals surface area contributed by atoms with E-state index in [4.69, 9.17) is 18.9 Å². The lowest BCUT2D eigenvalue weighted by Gasteiger charge is -2.29. The van der Waals surface area contributed by atoms with E-state index in [9.17, 15) is 4.79 Å². The molecule has 22 heavy (non-hydrogen) atoms. The predicted octanol–water partition coefficient (Wildman–Crippen LogP) is 3.27. The van der Waals surface area contributed by atoms with Crippen molar-refractivity contribution in [3.63, 3.8) is 0 Å². The third-order valence-corrected chi connectivity index (χ3v) is 2.32. The van der Waals surface area contributed by atoms with Gasteiger partial charge in [0.25, 0.3) is 0 Å². The molecule has 1 unspecified atom stereocenters. The van der Waals surface area contributed by atoms with Crippen molar-refractivity contribution >= 4 is 6.16 Å². The Kier molecular flexibility index (Phi) is 5.75. The normalized spacial score (nSPS) is 18.2. The van der Waals surface area contributed by atoms with Gasteiger partial charge in [-0.2, -0.15) is 9.78 Å². The molecule has 1 aliphatic heterocycles. The van der Waals surface area contributed by atoms with Crippen molar-refractivity contribution in [3.8, 4) is 0 Å². The van der Waals surface area contributed by atoms with E-state index in [1.807, 2.05) is 20.8 Å². The maximum Gasteiger partial charge on any atom is 0.510 e. The Hall–Kier alpha value is -1.41. The Bertz CT molecular complexity index is 418. The minimum absolute atomic E-state index is 0.159. The lowest BCUT2D eigenvalue weighted by molar-refractivity contribution is -0.282. The molecule has 0 bridgehead atoms. The average molecular weight is 316 g/mol. The summed E-state index contributed by atoms with van der Waals surface area (Å²) in [6.07, 6.45) is 0.909.